The number of rotatable bonds is 9. The maximum atomic E-state index is 13.2. The molecule has 3 N–H and O–H groups in total. The molecule has 4 aromatic rings. The standard InChI is InChI=1S/C27H30N4OS/c1-20(21-11-4-2-5-12-21)29-26(32)25-19-33-27(31(25)18-9-3-8-17-28)30-24-16-10-14-22-13-6-7-15-23(22)24/h2,4-7,10-16,19-20H,3,8-9,17-18,28H2,1H3,(H,29,32). The maximum absolute atomic E-state index is 13.2. The second-order valence-corrected chi connectivity index (χ2v) is 8.96. The van der Waals surface area contributed by atoms with Crippen molar-refractivity contribution in [3.8, 4) is 0 Å². The Hall–Kier alpha value is -3.22. The maximum Gasteiger partial charge on any atom is 0.269 e. The number of carbonyl (C=O) groups excluding carboxylic acids is 1. The van der Waals surface area contributed by atoms with Gasteiger partial charge in [0.2, 0.25) is 0 Å². The molecule has 1 aromatic heterocycles. The lowest BCUT2D eigenvalue weighted by atomic mass is 10.1. The average molecular weight is 459 g/mol. The number of carbonyl (C=O) groups is 1. The van der Waals surface area contributed by atoms with E-state index in [1.165, 1.54) is 11.3 Å². The van der Waals surface area contributed by atoms with Gasteiger partial charge in [-0.15, -0.1) is 11.3 Å². The van der Waals surface area contributed by atoms with Crippen LogP contribution in [0.2, 0.25) is 0 Å². The summed E-state index contributed by atoms with van der Waals surface area (Å²) in [6, 6.07) is 24.3. The van der Waals surface area contributed by atoms with Crippen molar-refractivity contribution < 1.29 is 4.79 Å². The number of nitrogens with one attached hydrogen (secondary N) is 1. The van der Waals surface area contributed by atoms with E-state index in [4.69, 9.17) is 10.7 Å². The van der Waals surface area contributed by atoms with Crippen molar-refractivity contribution in [1.29, 1.82) is 0 Å². The van der Waals surface area contributed by atoms with Gasteiger partial charge in [-0.1, -0.05) is 73.2 Å². The molecule has 4 rings (SSSR count). The first-order valence-electron chi connectivity index (χ1n) is 11.4. The van der Waals surface area contributed by atoms with E-state index >= 15 is 0 Å². The number of hydrogen-bond donors (Lipinski definition) is 2. The van der Waals surface area contributed by atoms with Crippen molar-refractivity contribution in [1.82, 2.24) is 9.88 Å². The number of fused-ring (bicyclic) bond motifs is 1. The SMILES string of the molecule is CC(NC(=O)c1csc(=Nc2cccc3ccccc23)n1CCCCCN)c1ccccc1. The van der Waals surface area contributed by atoms with Crippen LogP contribution in [0.25, 0.3) is 10.8 Å². The molecule has 0 aliphatic heterocycles. The number of unbranched alkanes of at least 4 members (excludes halogenated alkanes) is 2. The van der Waals surface area contributed by atoms with E-state index in [2.05, 4.69) is 28.1 Å². The molecule has 0 saturated carbocycles. The summed E-state index contributed by atoms with van der Waals surface area (Å²) in [5.74, 6) is -0.0826. The van der Waals surface area contributed by atoms with Gasteiger partial charge in [0, 0.05) is 17.3 Å². The van der Waals surface area contributed by atoms with Crippen LogP contribution in [0.4, 0.5) is 5.69 Å². The lowest BCUT2D eigenvalue weighted by Crippen LogP contribution is -2.31. The quantitative estimate of drug-likeness (QED) is 0.323. The number of aromatic nitrogens is 1. The van der Waals surface area contributed by atoms with Crippen LogP contribution in [0, 0.1) is 0 Å². The van der Waals surface area contributed by atoms with Crippen LogP contribution >= 0.6 is 11.3 Å². The van der Waals surface area contributed by atoms with Crippen LogP contribution in [0.15, 0.2) is 83.2 Å². The van der Waals surface area contributed by atoms with E-state index in [-0.39, 0.29) is 11.9 Å². The van der Waals surface area contributed by atoms with E-state index in [9.17, 15) is 4.79 Å². The Bertz CT molecular complexity index is 1270. The lowest BCUT2D eigenvalue weighted by Gasteiger charge is -2.15. The first-order valence-corrected chi connectivity index (χ1v) is 12.3. The molecule has 0 saturated heterocycles. The Morgan fingerprint density at radius 2 is 1.76 bits per heavy atom. The highest BCUT2D eigenvalue weighted by atomic mass is 32.1. The number of nitrogens with two attached hydrogens (primary N) is 1. The largest absolute Gasteiger partial charge is 0.344 e. The molecule has 0 spiro atoms. The minimum absolute atomic E-state index is 0.0808. The predicted molar refractivity (Wildman–Crippen MR) is 137 cm³/mol. The third kappa shape index (κ3) is 5.59. The van der Waals surface area contributed by atoms with Crippen molar-refractivity contribution in [3.63, 3.8) is 0 Å². The number of nitrogens with zero attached hydrogens (tertiary/aromatic N) is 2. The molecule has 33 heavy (non-hydrogen) atoms. The summed E-state index contributed by atoms with van der Waals surface area (Å²) in [5.41, 5.74) is 8.31. The summed E-state index contributed by atoms with van der Waals surface area (Å²) in [6.07, 6.45) is 2.95. The Morgan fingerprint density at radius 1 is 1.00 bits per heavy atom. The van der Waals surface area contributed by atoms with Gasteiger partial charge in [-0.05, 0) is 43.3 Å². The monoisotopic (exact) mass is 458 g/mol. The molecule has 1 amide bonds. The molecule has 3 aromatic carbocycles. The van der Waals surface area contributed by atoms with Crippen molar-refractivity contribution in [2.45, 2.75) is 38.8 Å². The first kappa shape index (κ1) is 23.0. The summed E-state index contributed by atoms with van der Waals surface area (Å²) >= 11 is 1.51. The van der Waals surface area contributed by atoms with E-state index < -0.39 is 0 Å². The summed E-state index contributed by atoms with van der Waals surface area (Å²) in [7, 11) is 0. The Labute approximate surface area is 198 Å². The minimum Gasteiger partial charge on any atom is -0.344 e. The zero-order chi connectivity index (χ0) is 23.0. The van der Waals surface area contributed by atoms with E-state index in [1.807, 2.05) is 66.9 Å². The molecule has 0 radical (unpaired) electrons. The summed E-state index contributed by atoms with van der Waals surface area (Å²) in [5, 5.41) is 7.32. The van der Waals surface area contributed by atoms with Crippen LogP contribution in [0.3, 0.4) is 0 Å². The molecule has 0 aliphatic carbocycles. The molecule has 1 heterocycles. The summed E-state index contributed by atoms with van der Waals surface area (Å²) < 4.78 is 2.05. The number of benzene rings is 3. The second-order valence-electron chi connectivity index (χ2n) is 8.12. The zero-order valence-electron chi connectivity index (χ0n) is 18.9. The highest BCUT2D eigenvalue weighted by Gasteiger charge is 2.17. The molecule has 0 aliphatic rings. The molecule has 0 fully saturated rings. The number of amides is 1. The van der Waals surface area contributed by atoms with Gasteiger partial charge in [-0.2, -0.15) is 0 Å². The minimum atomic E-state index is -0.0826. The van der Waals surface area contributed by atoms with Gasteiger partial charge < -0.3 is 15.6 Å². The van der Waals surface area contributed by atoms with Crippen LogP contribution in [0.1, 0.15) is 48.3 Å². The van der Waals surface area contributed by atoms with E-state index in [0.29, 0.717) is 12.2 Å². The molecular formula is C27H30N4OS. The second kappa shape index (κ2) is 11.1. The molecule has 1 atom stereocenters. The zero-order valence-corrected chi connectivity index (χ0v) is 19.7. The highest BCUT2D eigenvalue weighted by Crippen LogP contribution is 2.25. The van der Waals surface area contributed by atoms with Gasteiger partial charge >= 0.3 is 0 Å². The van der Waals surface area contributed by atoms with Gasteiger partial charge in [-0.25, -0.2) is 4.99 Å². The fourth-order valence-electron chi connectivity index (χ4n) is 3.91. The van der Waals surface area contributed by atoms with Crippen LogP contribution < -0.4 is 15.9 Å². The third-order valence-corrected chi connectivity index (χ3v) is 6.61. The van der Waals surface area contributed by atoms with Crippen molar-refractivity contribution >= 4 is 33.7 Å². The number of hydrogen-bond acceptors (Lipinski definition) is 4. The molecule has 1 unspecified atom stereocenters. The Kier molecular flexibility index (Phi) is 7.70. The predicted octanol–water partition coefficient (Wildman–Crippen LogP) is 5.56. The molecule has 6 heteroatoms. The molecule has 5 nitrogen and oxygen atoms in total. The molecular weight excluding hydrogens is 428 g/mol. The van der Waals surface area contributed by atoms with Crippen molar-refractivity contribution in [2.24, 2.45) is 10.7 Å². The van der Waals surface area contributed by atoms with Crippen LogP contribution in [0.5, 0.6) is 0 Å². The van der Waals surface area contributed by atoms with Crippen LogP contribution in [-0.4, -0.2) is 17.0 Å². The average Bonchev–Trinajstić information content (AvgIpc) is 3.25. The van der Waals surface area contributed by atoms with Crippen molar-refractivity contribution in [2.75, 3.05) is 6.54 Å². The van der Waals surface area contributed by atoms with Crippen molar-refractivity contribution in [3.05, 3.63) is 94.2 Å². The van der Waals surface area contributed by atoms with Gasteiger partial charge in [0.1, 0.15) is 5.69 Å². The Balaban J connectivity index is 1.67. The normalized spacial score (nSPS) is 12.7. The Morgan fingerprint density at radius 3 is 2.58 bits per heavy atom. The van der Waals surface area contributed by atoms with Crippen LogP contribution in [-0.2, 0) is 6.54 Å². The third-order valence-electron chi connectivity index (χ3n) is 5.75. The molecule has 0 bridgehead atoms. The van der Waals surface area contributed by atoms with Gasteiger partial charge in [0.05, 0.1) is 11.7 Å². The first-order chi connectivity index (χ1) is 16.2. The summed E-state index contributed by atoms with van der Waals surface area (Å²) in [4.78, 5) is 19.0. The molecule has 170 valence electrons. The number of thiazole rings is 1. The van der Waals surface area contributed by atoms with Gasteiger partial charge in [0.15, 0.2) is 4.80 Å². The smallest absolute Gasteiger partial charge is 0.269 e. The lowest BCUT2D eigenvalue weighted by molar-refractivity contribution is 0.0929. The fraction of sp³-hybridized carbons (Fsp3) is 0.259. The topological polar surface area (TPSA) is 72.4 Å². The summed E-state index contributed by atoms with van der Waals surface area (Å²) in [6.45, 7) is 3.42. The van der Waals surface area contributed by atoms with E-state index in [0.717, 1.165) is 52.6 Å². The fourth-order valence-corrected chi connectivity index (χ4v) is 4.83. The van der Waals surface area contributed by atoms with Gasteiger partial charge in [-0.3, -0.25) is 4.79 Å². The van der Waals surface area contributed by atoms with Gasteiger partial charge in [0.25, 0.3) is 5.91 Å². The highest BCUT2D eigenvalue weighted by molar-refractivity contribution is 7.07. The van der Waals surface area contributed by atoms with E-state index in [1.54, 1.807) is 0 Å².